The van der Waals surface area contributed by atoms with Gasteiger partial charge in [0.05, 0.1) is 7.11 Å². The molecule has 2 atom stereocenters. The van der Waals surface area contributed by atoms with Gasteiger partial charge >= 0.3 is 0 Å². The molecule has 2 aromatic carbocycles. The molecule has 0 radical (unpaired) electrons. The molecule has 0 N–H and O–H groups in total. The van der Waals surface area contributed by atoms with E-state index in [0.29, 0.717) is 48.7 Å². The molecule has 30 heavy (non-hydrogen) atoms. The van der Waals surface area contributed by atoms with Gasteiger partial charge in [-0.15, -0.1) is 0 Å². The molecule has 2 aliphatic rings. The van der Waals surface area contributed by atoms with Crippen LogP contribution in [0.2, 0.25) is 0 Å². The van der Waals surface area contributed by atoms with Gasteiger partial charge in [0, 0.05) is 18.6 Å². The molecule has 1 saturated heterocycles. The van der Waals surface area contributed by atoms with Crippen molar-refractivity contribution in [2.75, 3.05) is 13.9 Å². The van der Waals surface area contributed by atoms with E-state index in [9.17, 15) is 9.18 Å². The Morgan fingerprint density at radius 3 is 2.77 bits per heavy atom. The van der Waals surface area contributed by atoms with E-state index >= 15 is 0 Å². The number of halogens is 1. The van der Waals surface area contributed by atoms with Crippen LogP contribution in [0, 0.1) is 11.7 Å². The lowest BCUT2D eigenvalue weighted by Crippen LogP contribution is -2.41. The molecule has 158 valence electrons. The second-order valence-electron chi connectivity index (χ2n) is 7.74. The second kappa shape index (κ2) is 8.48. The Hall–Kier alpha value is -2.86. The van der Waals surface area contributed by atoms with Crippen molar-refractivity contribution in [3.63, 3.8) is 0 Å². The Morgan fingerprint density at radius 2 is 2.00 bits per heavy atom. The average molecular weight is 412 g/mol. The Labute approximate surface area is 175 Å². The van der Waals surface area contributed by atoms with Crippen molar-refractivity contribution < 1.29 is 28.1 Å². The Morgan fingerprint density at radius 1 is 1.20 bits per heavy atom. The van der Waals surface area contributed by atoms with Crippen molar-refractivity contribution in [1.82, 2.24) is 0 Å². The van der Waals surface area contributed by atoms with Crippen molar-refractivity contribution in [1.29, 1.82) is 0 Å². The lowest BCUT2D eigenvalue weighted by molar-refractivity contribution is -0.117. The Kier molecular flexibility index (Phi) is 5.77. The van der Waals surface area contributed by atoms with E-state index in [-0.39, 0.29) is 24.3 Å². The molecule has 1 fully saturated rings. The number of fused-ring (bicyclic) bond motifs is 1. The van der Waals surface area contributed by atoms with E-state index in [1.54, 1.807) is 6.07 Å². The van der Waals surface area contributed by atoms with Crippen LogP contribution in [0.25, 0.3) is 0 Å². The molecule has 0 saturated carbocycles. The molecule has 0 spiro atoms. The van der Waals surface area contributed by atoms with E-state index in [0.717, 1.165) is 5.56 Å². The first-order valence-electron chi connectivity index (χ1n) is 10.1. The summed E-state index contributed by atoms with van der Waals surface area (Å²) in [6, 6.07) is 12.8. The summed E-state index contributed by atoms with van der Waals surface area (Å²) in [6.45, 7) is 2.46. The highest BCUT2D eigenvalue weighted by atomic mass is 19.1. The van der Waals surface area contributed by atoms with Crippen molar-refractivity contribution in [2.45, 2.75) is 38.4 Å². The summed E-state index contributed by atoms with van der Waals surface area (Å²) < 4.78 is 37.6. The number of rotatable bonds is 7. The van der Waals surface area contributed by atoms with Crippen LogP contribution in [-0.2, 0) is 27.3 Å². The fourth-order valence-corrected chi connectivity index (χ4v) is 4.15. The molecular weight excluding hydrogens is 387 g/mol. The third-order valence-electron chi connectivity index (χ3n) is 5.87. The van der Waals surface area contributed by atoms with Gasteiger partial charge in [0.15, 0.2) is 24.1 Å². The quantitative estimate of drug-likeness (QED) is 0.666. The van der Waals surface area contributed by atoms with Gasteiger partial charge in [0.25, 0.3) is 0 Å². The third-order valence-corrected chi connectivity index (χ3v) is 5.87. The minimum Gasteiger partial charge on any atom is -0.493 e. The SMILES string of the molecule is COc1cc(F)c(C[C@H](C)[C@]23CCC(=O)C=C2OCO3)cc1OCc1ccccc1. The fourth-order valence-electron chi connectivity index (χ4n) is 4.15. The smallest absolute Gasteiger partial charge is 0.189 e. The molecule has 5 nitrogen and oxygen atoms in total. The van der Waals surface area contributed by atoms with E-state index < -0.39 is 5.60 Å². The zero-order chi connectivity index (χ0) is 21.1. The Bertz CT molecular complexity index is 956. The summed E-state index contributed by atoms with van der Waals surface area (Å²) in [4.78, 5) is 11.8. The highest BCUT2D eigenvalue weighted by Gasteiger charge is 2.49. The summed E-state index contributed by atoms with van der Waals surface area (Å²) in [5.41, 5.74) is 0.828. The van der Waals surface area contributed by atoms with Crippen LogP contribution >= 0.6 is 0 Å². The summed E-state index contributed by atoms with van der Waals surface area (Å²) in [5.74, 6) is 0.969. The van der Waals surface area contributed by atoms with Gasteiger partial charge in [-0.25, -0.2) is 4.39 Å². The minimum atomic E-state index is -0.689. The predicted molar refractivity (Wildman–Crippen MR) is 109 cm³/mol. The van der Waals surface area contributed by atoms with Gasteiger partial charge in [-0.05, 0) is 36.0 Å². The van der Waals surface area contributed by atoms with Crippen LogP contribution in [0.15, 0.2) is 54.3 Å². The number of carbonyl (C=O) groups excluding carboxylic acids is 1. The number of ketones is 1. The molecule has 6 heteroatoms. The minimum absolute atomic E-state index is 0.0329. The van der Waals surface area contributed by atoms with E-state index in [2.05, 4.69) is 0 Å². The molecule has 4 rings (SSSR count). The standard InChI is InChI=1S/C24H25FO5/c1-16(24-9-8-19(26)12-23(24)29-15-30-24)10-18-11-22(21(27-2)13-20(18)25)28-14-17-6-4-3-5-7-17/h3-7,11-13,16H,8-10,14-15H2,1-2H3/t16-,24+/m0/s1. The van der Waals surface area contributed by atoms with Crippen LogP contribution < -0.4 is 9.47 Å². The first-order chi connectivity index (χ1) is 14.5. The first kappa shape index (κ1) is 20.4. The van der Waals surface area contributed by atoms with Gasteiger partial charge < -0.3 is 18.9 Å². The number of benzene rings is 2. The van der Waals surface area contributed by atoms with Crippen molar-refractivity contribution in [3.8, 4) is 11.5 Å². The number of ether oxygens (including phenoxy) is 4. The predicted octanol–water partition coefficient (Wildman–Crippen LogP) is 4.58. The van der Waals surface area contributed by atoms with Gasteiger partial charge in [-0.1, -0.05) is 37.3 Å². The molecule has 1 aliphatic carbocycles. The summed E-state index contributed by atoms with van der Waals surface area (Å²) in [7, 11) is 1.49. The van der Waals surface area contributed by atoms with Crippen LogP contribution in [0.4, 0.5) is 4.39 Å². The monoisotopic (exact) mass is 412 g/mol. The number of allylic oxidation sites excluding steroid dienone is 1. The normalized spacial score (nSPS) is 21.4. The number of hydrogen-bond donors (Lipinski definition) is 0. The lowest BCUT2D eigenvalue weighted by Gasteiger charge is -2.35. The number of methoxy groups -OCH3 is 1. The van der Waals surface area contributed by atoms with Crippen LogP contribution in [0.1, 0.15) is 30.9 Å². The average Bonchev–Trinajstić information content (AvgIpc) is 3.19. The van der Waals surface area contributed by atoms with E-state index in [1.807, 2.05) is 37.3 Å². The maximum atomic E-state index is 14.8. The zero-order valence-corrected chi connectivity index (χ0v) is 17.2. The van der Waals surface area contributed by atoms with E-state index in [4.69, 9.17) is 18.9 Å². The van der Waals surface area contributed by atoms with Gasteiger partial charge in [0.2, 0.25) is 0 Å². The van der Waals surface area contributed by atoms with Gasteiger partial charge in [-0.2, -0.15) is 0 Å². The first-order valence-corrected chi connectivity index (χ1v) is 10.1. The lowest BCUT2D eigenvalue weighted by atomic mass is 9.76. The largest absolute Gasteiger partial charge is 0.493 e. The molecule has 1 aliphatic heterocycles. The van der Waals surface area contributed by atoms with Gasteiger partial charge in [-0.3, -0.25) is 4.79 Å². The van der Waals surface area contributed by atoms with Crippen molar-refractivity contribution >= 4 is 5.78 Å². The summed E-state index contributed by atoms with van der Waals surface area (Å²) >= 11 is 0. The zero-order valence-electron chi connectivity index (χ0n) is 17.2. The molecule has 0 amide bonds. The van der Waals surface area contributed by atoms with E-state index in [1.165, 1.54) is 19.3 Å². The molecular formula is C24H25FO5. The maximum Gasteiger partial charge on any atom is 0.189 e. The summed E-state index contributed by atoms with van der Waals surface area (Å²) in [5, 5.41) is 0. The fraction of sp³-hybridized carbons (Fsp3) is 0.375. The highest BCUT2D eigenvalue weighted by molar-refractivity contribution is 5.91. The van der Waals surface area contributed by atoms with Crippen molar-refractivity contribution in [3.05, 3.63) is 71.2 Å². The second-order valence-corrected chi connectivity index (χ2v) is 7.74. The molecule has 0 aromatic heterocycles. The number of hydrogen-bond acceptors (Lipinski definition) is 5. The van der Waals surface area contributed by atoms with Crippen LogP contribution in [0.3, 0.4) is 0 Å². The number of carbonyl (C=O) groups is 1. The highest BCUT2D eigenvalue weighted by Crippen LogP contribution is 2.44. The van der Waals surface area contributed by atoms with Crippen LogP contribution in [-0.4, -0.2) is 25.3 Å². The molecule has 0 unspecified atom stereocenters. The molecule has 1 heterocycles. The Balaban J connectivity index is 1.56. The molecule has 2 aromatic rings. The topological polar surface area (TPSA) is 54.0 Å². The van der Waals surface area contributed by atoms with Crippen molar-refractivity contribution in [2.24, 2.45) is 5.92 Å². The summed E-state index contributed by atoms with van der Waals surface area (Å²) in [6.07, 6.45) is 2.86. The maximum absolute atomic E-state index is 14.8. The third kappa shape index (κ3) is 3.92. The van der Waals surface area contributed by atoms with Gasteiger partial charge in [0.1, 0.15) is 23.8 Å². The molecule has 0 bridgehead atoms. The van der Waals surface area contributed by atoms with Crippen LogP contribution in [0.5, 0.6) is 11.5 Å².